The maximum Gasteiger partial charge on any atom is 0.0822 e. The minimum absolute atomic E-state index is 0.740. The summed E-state index contributed by atoms with van der Waals surface area (Å²) in [5.41, 5.74) is 0. The third kappa shape index (κ3) is 34.9. The predicted octanol–water partition coefficient (Wildman–Crippen LogP) is 10.1. The molecule has 180 valence electrons. The quantitative estimate of drug-likeness (QED) is 0.0744. The van der Waals surface area contributed by atoms with Crippen LogP contribution >= 0.6 is 0 Å². The molecule has 30 heavy (non-hydrogen) atoms. The standard InChI is InChI=1S/C18H34.C10H22O2/c1-3-5-7-9-11-13-15-17-18-16-14-12-10-8-6-4-2;1-3-4-5-6-7-8-9-10-12-11-2/h5,7,10,12H,3-4,6,8-9,11,13-18H2,1-2H3;3-10H2,1-2H3/b7-5+,12-10-;. The van der Waals surface area contributed by atoms with E-state index in [2.05, 4.69) is 50.0 Å². The molecule has 2 nitrogen and oxygen atoms in total. The van der Waals surface area contributed by atoms with Gasteiger partial charge >= 0.3 is 0 Å². The topological polar surface area (TPSA) is 18.5 Å². The van der Waals surface area contributed by atoms with Gasteiger partial charge in [-0.2, -0.15) is 0 Å². The first-order valence-corrected chi connectivity index (χ1v) is 13.3. The van der Waals surface area contributed by atoms with Crippen LogP contribution in [0.25, 0.3) is 0 Å². The van der Waals surface area contributed by atoms with Crippen LogP contribution in [0.3, 0.4) is 0 Å². The van der Waals surface area contributed by atoms with Crippen molar-refractivity contribution in [2.75, 3.05) is 13.7 Å². The largest absolute Gasteiger partial charge is 0.240 e. The minimum Gasteiger partial charge on any atom is -0.240 e. The maximum absolute atomic E-state index is 4.76. The molecule has 0 spiro atoms. The predicted molar refractivity (Wildman–Crippen MR) is 136 cm³/mol. The second kappa shape index (κ2) is 33.0. The Labute approximate surface area is 190 Å². The highest BCUT2D eigenvalue weighted by atomic mass is 17.2. The summed E-state index contributed by atoms with van der Waals surface area (Å²) in [4.78, 5) is 9.25. The molecule has 0 unspecified atom stereocenters. The molecule has 0 aliphatic heterocycles. The number of hydrogen-bond acceptors (Lipinski definition) is 2. The van der Waals surface area contributed by atoms with Gasteiger partial charge in [0, 0.05) is 0 Å². The highest BCUT2D eigenvalue weighted by Crippen LogP contribution is 2.10. The third-order valence-electron chi connectivity index (χ3n) is 5.23. The molecule has 0 saturated heterocycles. The zero-order valence-electron chi connectivity index (χ0n) is 21.3. The summed E-state index contributed by atoms with van der Waals surface area (Å²) in [6, 6.07) is 0. The number of allylic oxidation sites excluding steroid dienone is 4. The third-order valence-corrected chi connectivity index (χ3v) is 5.23. The van der Waals surface area contributed by atoms with E-state index in [1.165, 1.54) is 116 Å². The summed E-state index contributed by atoms with van der Waals surface area (Å²) in [7, 11) is 1.56. The molecule has 0 aromatic rings. The number of unbranched alkanes of at least 4 members (excludes halogenated alkanes) is 15. The minimum atomic E-state index is 0.740. The van der Waals surface area contributed by atoms with Gasteiger partial charge in [-0.1, -0.05) is 122 Å². The van der Waals surface area contributed by atoms with Gasteiger partial charge in [-0.3, -0.25) is 0 Å². The van der Waals surface area contributed by atoms with Gasteiger partial charge < -0.3 is 0 Å². The lowest BCUT2D eigenvalue weighted by atomic mass is 10.1. The summed E-state index contributed by atoms with van der Waals surface area (Å²) < 4.78 is 0. The maximum atomic E-state index is 4.76. The molecule has 0 aromatic carbocycles. The molecule has 0 rings (SSSR count). The molecule has 0 bridgehead atoms. The van der Waals surface area contributed by atoms with Crippen LogP contribution in [0.2, 0.25) is 0 Å². The van der Waals surface area contributed by atoms with Crippen molar-refractivity contribution in [3.8, 4) is 0 Å². The van der Waals surface area contributed by atoms with E-state index >= 15 is 0 Å². The van der Waals surface area contributed by atoms with Gasteiger partial charge in [0.25, 0.3) is 0 Å². The van der Waals surface area contributed by atoms with E-state index < -0.39 is 0 Å². The van der Waals surface area contributed by atoms with Crippen molar-refractivity contribution >= 4 is 0 Å². The molecule has 0 aliphatic carbocycles. The summed E-state index contributed by atoms with van der Waals surface area (Å²) in [6.07, 6.45) is 34.8. The van der Waals surface area contributed by atoms with Gasteiger partial charge in [-0.15, -0.1) is 0 Å². The van der Waals surface area contributed by atoms with E-state index in [1.807, 2.05) is 0 Å². The van der Waals surface area contributed by atoms with Crippen molar-refractivity contribution in [1.82, 2.24) is 0 Å². The first kappa shape index (κ1) is 31.6. The number of rotatable bonds is 22. The van der Waals surface area contributed by atoms with Crippen LogP contribution in [-0.2, 0) is 9.78 Å². The molecule has 0 amide bonds. The van der Waals surface area contributed by atoms with Gasteiger partial charge in [0.05, 0.1) is 13.7 Å². The van der Waals surface area contributed by atoms with Crippen molar-refractivity contribution in [1.29, 1.82) is 0 Å². The summed E-state index contributed by atoms with van der Waals surface area (Å²) in [5.74, 6) is 0. The fourth-order valence-electron chi connectivity index (χ4n) is 3.28. The van der Waals surface area contributed by atoms with E-state index in [0.717, 1.165) is 13.0 Å². The Hall–Kier alpha value is -0.600. The Morgan fingerprint density at radius 3 is 1.40 bits per heavy atom. The Bertz CT molecular complexity index is 313. The molecule has 0 aromatic heterocycles. The van der Waals surface area contributed by atoms with Crippen LogP contribution in [0.5, 0.6) is 0 Å². The van der Waals surface area contributed by atoms with Crippen LogP contribution in [0.1, 0.15) is 143 Å². The van der Waals surface area contributed by atoms with Gasteiger partial charge in [-0.25, -0.2) is 9.78 Å². The first-order chi connectivity index (χ1) is 14.8. The fourth-order valence-corrected chi connectivity index (χ4v) is 3.28. The van der Waals surface area contributed by atoms with Crippen molar-refractivity contribution in [3.63, 3.8) is 0 Å². The smallest absolute Gasteiger partial charge is 0.0822 e. The van der Waals surface area contributed by atoms with Crippen LogP contribution < -0.4 is 0 Å². The molecule has 0 heterocycles. The van der Waals surface area contributed by atoms with Crippen molar-refractivity contribution in [2.45, 2.75) is 143 Å². The van der Waals surface area contributed by atoms with Gasteiger partial charge in [0.15, 0.2) is 0 Å². The lowest BCUT2D eigenvalue weighted by Gasteiger charge is -2.00. The van der Waals surface area contributed by atoms with Crippen LogP contribution in [0, 0.1) is 0 Å². The van der Waals surface area contributed by atoms with Crippen molar-refractivity contribution in [3.05, 3.63) is 24.3 Å². The summed E-state index contributed by atoms with van der Waals surface area (Å²) in [5, 5.41) is 0. The monoisotopic (exact) mass is 424 g/mol. The highest BCUT2D eigenvalue weighted by molar-refractivity contribution is 4.81. The molecule has 0 radical (unpaired) electrons. The Morgan fingerprint density at radius 2 is 0.900 bits per heavy atom. The Balaban J connectivity index is 0. The zero-order chi connectivity index (χ0) is 22.4. The lowest BCUT2D eigenvalue weighted by Crippen LogP contribution is -1.92. The lowest BCUT2D eigenvalue weighted by molar-refractivity contribution is -0.272. The van der Waals surface area contributed by atoms with E-state index in [4.69, 9.17) is 4.89 Å². The van der Waals surface area contributed by atoms with E-state index in [9.17, 15) is 0 Å². The van der Waals surface area contributed by atoms with Gasteiger partial charge in [-0.05, 0) is 44.9 Å². The van der Waals surface area contributed by atoms with Crippen LogP contribution in [0.4, 0.5) is 0 Å². The highest BCUT2D eigenvalue weighted by Gasteiger charge is 1.91. The normalized spacial score (nSPS) is 11.3. The molecular weight excluding hydrogens is 368 g/mol. The van der Waals surface area contributed by atoms with Crippen molar-refractivity contribution in [2.24, 2.45) is 0 Å². The first-order valence-electron chi connectivity index (χ1n) is 13.3. The molecule has 2 heteroatoms. The molecule has 0 atom stereocenters. The second-order valence-corrected chi connectivity index (χ2v) is 8.30. The Kier molecular flexibility index (Phi) is 34.8. The number of hydrogen-bond donors (Lipinski definition) is 0. The fraction of sp³-hybridized carbons (Fsp3) is 0.857. The average molecular weight is 425 g/mol. The molecule has 0 saturated carbocycles. The van der Waals surface area contributed by atoms with E-state index in [0.29, 0.717) is 0 Å². The van der Waals surface area contributed by atoms with Crippen LogP contribution in [0.15, 0.2) is 24.3 Å². The van der Waals surface area contributed by atoms with E-state index in [1.54, 1.807) is 7.11 Å². The second-order valence-electron chi connectivity index (χ2n) is 8.30. The van der Waals surface area contributed by atoms with Crippen LogP contribution in [-0.4, -0.2) is 13.7 Å². The Morgan fingerprint density at radius 1 is 0.467 bits per heavy atom. The summed E-state index contributed by atoms with van der Waals surface area (Å²) >= 11 is 0. The molecule has 0 aliphatic rings. The summed E-state index contributed by atoms with van der Waals surface area (Å²) in [6.45, 7) is 7.44. The molecule has 0 N–H and O–H groups in total. The van der Waals surface area contributed by atoms with Gasteiger partial charge in [0.1, 0.15) is 0 Å². The van der Waals surface area contributed by atoms with E-state index in [-0.39, 0.29) is 0 Å². The SMILES string of the molecule is CC/C=C/CCCCCCCC/C=C\CCCC.CCCCCCCCCOOC. The zero-order valence-corrected chi connectivity index (χ0v) is 21.3. The molecule has 0 fully saturated rings. The van der Waals surface area contributed by atoms with Crippen molar-refractivity contribution < 1.29 is 9.78 Å². The molecular formula is C28H56O2. The average Bonchev–Trinajstić information content (AvgIpc) is 2.76. The van der Waals surface area contributed by atoms with Gasteiger partial charge in [0.2, 0.25) is 0 Å².